The molecule has 26 heavy (non-hydrogen) atoms. The molecule has 1 aromatic heterocycles. The van der Waals surface area contributed by atoms with Gasteiger partial charge in [-0.1, -0.05) is 31.2 Å². The van der Waals surface area contributed by atoms with Gasteiger partial charge in [-0.15, -0.1) is 0 Å². The molecule has 0 radical (unpaired) electrons. The summed E-state index contributed by atoms with van der Waals surface area (Å²) in [5, 5.41) is 19.1. The number of carboxylic acids is 1. The number of hydrogen-bond donors (Lipinski definition) is 2. The second-order valence-electron chi connectivity index (χ2n) is 5.99. The monoisotopic (exact) mass is 375 g/mol. The third-order valence-corrected chi connectivity index (χ3v) is 4.91. The largest absolute Gasteiger partial charge is 0.477 e. The van der Waals surface area contributed by atoms with E-state index in [9.17, 15) is 23.6 Å². The van der Waals surface area contributed by atoms with E-state index in [4.69, 9.17) is 0 Å². The molecule has 0 spiro atoms. The van der Waals surface area contributed by atoms with Crippen molar-refractivity contribution in [2.75, 3.05) is 12.8 Å². The summed E-state index contributed by atoms with van der Waals surface area (Å²) in [5.41, 5.74) is 3.12. The predicted octanol–water partition coefficient (Wildman–Crippen LogP) is 1.92. The minimum Gasteiger partial charge on any atom is -0.477 e. The van der Waals surface area contributed by atoms with E-state index in [-0.39, 0.29) is 12.2 Å². The summed E-state index contributed by atoms with van der Waals surface area (Å²) in [5.74, 6) is -1.08. The zero-order valence-electron chi connectivity index (χ0n) is 14.9. The number of benzene rings is 1. The van der Waals surface area contributed by atoms with Crippen LogP contribution >= 0.6 is 0 Å². The highest BCUT2D eigenvalue weighted by molar-refractivity contribution is 7.88. The van der Waals surface area contributed by atoms with Crippen LogP contribution in [0.2, 0.25) is 0 Å². The maximum atomic E-state index is 11.7. The van der Waals surface area contributed by atoms with Gasteiger partial charge in [0.25, 0.3) is 0 Å². The molecule has 0 unspecified atom stereocenters. The lowest BCUT2D eigenvalue weighted by atomic mass is 9.98. The van der Waals surface area contributed by atoms with Gasteiger partial charge < -0.3 is 9.67 Å². The van der Waals surface area contributed by atoms with Crippen LogP contribution in [-0.2, 0) is 29.9 Å². The Kier molecular flexibility index (Phi) is 5.85. The van der Waals surface area contributed by atoms with Gasteiger partial charge in [-0.25, -0.2) is 17.9 Å². The fourth-order valence-corrected chi connectivity index (χ4v) is 3.49. The molecule has 2 N–H and O–H groups in total. The molecule has 0 saturated heterocycles. The molecule has 8 heteroatoms. The number of carbonyl (C=O) groups is 1. The third-order valence-electron chi connectivity index (χ3n) is 4.19. The Bertz CT molecular complexity index is 967. The van der Waals surface area contributed by atoms with Crippen molar-refractivity contribution in [3.05, 3.63) is 46.8 Å². The summed E-state index contributed by atoms with van der Waals surface area (Å²) < 4.78 is 26.2. The first kappa shape index (κ1) is 19.7. The van der Waals surface area contributed by atoms with Gasteiger partial charge in [0.1, 0.15) is 11.8 Å². The van der Waals surface area contributed by atoms with E-state index in [1.807, 2.05) is 19.1 Å². The van der Waals surface area contributed by atoms with Crippen LogP contribution in [0.4, 0.5) is 0 Å². The fourth-order valence-electron chi connectivity index (χ4n) is 3.02. The second-order valence-corrected chi connectivity index (χ2v) is 7.82. The van der Waals surface area contributed by atoms with E-state index < -0.39 is 16.0 Å². The SMILES string of the molecule is CCc1c(C#N)c(-c2ccc(CCNS(C)(=O)=O)cc2)c(C(=O)O)n1C. The zero-order valence-corrected chi connectivity index (χ0v) is 15.7. The van der Waals surface area contributed by atoms with Gasteiger partial charge in [-0.2, -0.15) is 5.26 Å². The predicted molar refractivity (Wildman–Crippen MR) is 98.5 cm³/mol. The normalized spacial score (nSPS) is 11.3. The summed E-state index contributed by atoms with van der Waals surface area (Å²) in [7, 11) is -1.58. The molecular formula is C18H21N3O4S. The van der Waals surface area contributed by atoms with Crippen LogP contribution in [-0.4, -0.2) is 36.9 Å². The maximum Gasteiger partial charge on any atom is 0.353 e. The first-order valence-electron chi connectivity index (χ1n) is 8.08. The van der Waals surface area contributed by atoms with E-state index >= 15 is 0 Å². The molecule has 1 aromatic carbocycles. The van der Waals surface area contributed by atoms with Crippen molar-refractivity contribution >= 4 is 16.0 Å². The first-order valence-corrected chi connectivity index (χ1v) is 9.97. The lowest BCUT2D eigenvalue weighted by Gasteiger charge is -2.06. The van der Waals surface area contributed by atoms with Crippen molar-refractivity contribution in [3.63, 3.8) is 0 Å². The number of hydrogen-bond acceptors (Lipinski definition) is 4. The molecule has 0 aliphatic rings. The highest BCUT2D eigenvalue weighted by Gasteiger charge is 2.25. The van der Waals surface area contributed by atoms with Crippen molar-refractivity contribution in [3.8, 4) is 17.2 Å². The number of aromatic carboxylic acids is 1. The highest BCUT2D eigenvalue weighted by Crippen LogP contribution is 2.32. The van der Waals surface area contributed by atoms with E-state index in [0.717, 1.165) is 11.8 Å². The molecule has 2 aromatic rings. The molecule has 138 valence electrons. The van der Waals surface area contributed by atoms with Gasteiger partial charge >= 0.3 is 5.97 Å². The smallest absolute Gasteiger partial charge is 0.353 e. The number of nitriles is 1. The van der Waals surface area contributed by atoms with Gasteiger partial charge in [-0.3, -0.25) is 0 Å². The molecule has 2 rings (SSSR count). The highest BCUT2D eigenvalue weighted by atomic mass is 32.2. The van der Waals surface area contributed by atoms with Crippen molar-refractivity contribution < 1.29 is 18.3 Å². The molecule has 0 fully saturated rings. The minimum absolute atomic E-state index is 0.0879. The Labute approximate surface area is 152 Å². The van der Waals surface area contributed by atoms with Crippen molar-refractivity contribution in [1.82, 2.24) is 9.29 Å². The molecule has 0 amide bonds. The van der Waals surface area contributed by atoms with Crippen LogP contribution in [0.5, 0.6) is 0 Å². The Hall–Kier alpha value is -2.63. The number of carboxylic acid groups (broad SMARTS) is 1. The summed E-state index contributed by atoms with van der Waals surface area (Å²) >= 11 is 0. The quantitative estimate of drug-likeness (QED) is 0.768. The lowest BCUT2D eigenvalue weighted by Crippen LogP contribution is -2.24. The topological polar surface area (TPSA) is 112 Å². The molecule has 0 aliphatic carbocycles. The number of nitrogens with one attached hydrogen (secondary N) is 1. The van der Waals surface area contributed by atoms with Crippen molar-refractivity contribution in [1.29, 1.82) is 5.26 Å². The standard InChI is InChI=1S/C18H21N3O4S/c1-4-15-14(11-19)16(17(18(22)23)21(15)2)13-7-5-12(6-8-13)9-10-20-26(3,24)25/h5-8,20H,4,9-10H2,1-3H3,(H,22,23). The van der Waals surface area contributed by atoms with Crippen LogP contribution in [0, 0.1) is 11.3 Å². The zero-order chi connectivity index (χ0) is 19.5. The van der Waals surface area contributed by atoms with Crippen LogP contribution in [0.3, 0.4) is 0 Å². The van der Waals surface area contributed by atoms with Crippen LogP contribution in [0.1, 0.15) is 34.2 Å². The van der Waals surface area contributed by atoms with E-state index in [1.165, 1.54) is 0 Å². The lowest BCUT2D eigenvalue weighted by molar-refractivity contribution is 0.0687. The van der Waals surface area contributed by atoms with Crippen LogP contribution < -0.4 is 4.72 Å². The van der Waals surface area contributed by atoms with E-state index in [0.29, 0.717) is 35.2 Å². The fraction of sp³-hybridized carbons (Fsp3) is 0.333. The molecule has 1 heterocycles. The first-order chi connectivity index (χ1) is 12.2. The van der Waals surface area contributed by atoms with Gasteiger partial charge in [-0.05, 0) is 24.0 Å². The maximum absolute atomic E-state index is 11.7. The van der Waals surface area contributed by atoms with Crippen LogP contribution in [0.25, 0.3) is 11.1 Å². The van der Waals surface area contributed by atoms with E-state index in [1.54, 1.807) is 23.7 Å². The third kappa shape index (κ3) is 4.12. The minimum atomic E-state index is -3.23. The molecule has 0 saturated carbocycles. The van der Waals surface area contributed by atoms with Crippen LogP contribution in [0.15, 0.2) is 24.3 Å². The molecule has 0 aliphatic heterocycles. The Morgan fingerprint density at radius 3 is 2.38 bits per heavy atom. The average Bonchev–Trinajstić information content (AvgIpc) is 2.86. The molecule has 0 bridgehead atoms. The summed E-state index contributed by atoms with van der Waals surface area (Å²) in [6, 6.07) is 9.28. The number of aromatic nitrogens is 1. The van der Waals surface area contributed by atoms with Gasteiger partial charge in [0.2, 0.25) is 10.0 Å². The number of sulfonamides is 1. The Balaban J connectivity index is 2.40. The Morgan fingerprint density at radius 1 is 1.31 bits per heavy atom. The van der Waals surface area contributed by atoms with Gasteiger partial charge in [0.05, 0.1) is 11.8 Å². The summed E-state index contributed by atoms with van der Waals surface area (Å²) in [6.45, 7) is 2.16. The summed E-state index contributed by atoms with van der Waals surface area (Å²) in [4.78, 5) is 11.7. The second kappa shape index (κ2) is 7.72. The van der Waals surface area contributed by atoms with Gasteiger partial charge in [0, 0.05) is 24.8 Å². The van der Waals surface area contributed by atoms with Crippen molar-refractivity contribution in [2.45, 2.75) is 19.8 Å². The molecule has 7 nitrogen and oxygen atoms in total. The average molecular weight is 375 g/mol. The van der Waals surface area contributed by atoms with Gasteiger partial charge in [0.15, 0.2) is 0 Å². The van der Waals surface area contributed by atoms with Crippen molar-refractivity contribution in [2.24, 2.45) is 7.05 Å². The van der Waals surface area contributed by atoms with E-state index in [2.05, 4.69) is 10.8 Å². The Morgan fingerprint density at radius 2 is 1.92 bits per heavy atom. The number of rotatable bonds is 7. The molecular weight excluding hydrogens is 354 g/mol. The summed E-state index contributed by atoms with van der Waals surface area (Å²) in [6.07, 6.45) is 2.17. The molecule has 0 atom stereocenters. The number of nitrogens with zero attached hydrogens (tertiary/aromatic N) is 2.